The van der Waals surface area contributed by atoms with Crippen LogP contribution < -0.4 is 4.84 Å². The average molecular weight is 254 g/mol. The predicted octanol–water partition coefficient (Wildman–Crippen LogP) is 2.25. The van der Waals surface area contributed by atoms with E-state index in [1.807, 2.05) is 12.1 Å². The van der Waals surface area contributed by atoms with E-state index in [-0.39, 0.29) is 0 Å². The van der Waals surface area contributed by atoms with Crippen LogP contribution in [0.3, 0.4) is 0 Å². The lowest BCUT2D eigenvalue weighted by molar-refractivity contribution is 1.28. The summed E-state index contributed by atoms with van der Waals surface area (Å²) in [6.07, 6.45) is 1.72. The summed E-state index contributed by atoms with van der Waals surface area (Å²) in [5.41, 5.74) is 0.847. The maximum atomic E-state index is 5.34. The zero-order valence-electron chi connectivity index (χ0n) is 4.44. The third kappa shape index (κ3) is 1.69. The number of nitrogens with one attached hydrogen (secondary N) is 1. The van der Waals surface area contributed by atoms with Gasteiger partial charge in [0.05, 0.1) is 5.69 Å². The van der Waals surface area contributed by atoms with Crippen LogP contribution in [0.15, 0.2) is 18.3 Å². The first-order valence-electron chi connectivity index (χ1n) is 2.32. The van der Waals surface area contributed by atoms with Gasteiger partial charge in [0.2, 0.25) is 0 Å². The lowest BCUT2D eigenvalue weighted by Crippen LogP contribution is -1.86. The Hall–Kier alpha value is -0.0300. The summed E-state index contributed by atoms with van der Waals surface area (Å²) < 4.78 is 0.880. The summed E-state index contributed by atoms with van der Waals surface area (Å²) in [6, 6.07) is 3.69. The standard InChI is InChI=1S/C5H4ClIN2/c6-9-4-2-1-3-8-5(4)7/h1-3,9H. The number of rotatable bonds is 1. The van der Waals surface area contributed by atoms with Crippen LogP contribution in [-0.4, -0.2) is 4.98 Å². The molecule has 0 aliphatic heterocycles. The Morgan fingerprint density at radius 3 is 2.89 bits per heavy atom. The van der Waals surface area contributed by atoms with Crippen molar-refractivity contribution in [3.05, 3.63) is 22.0 Å². The molecule has 0 unspecified atom stereocenters. The lowest BCUT2D eigenvalue weighted by atomic mass is 10.4. The first-order chi connectivity index (χ1) is 4.34. The van der Waals surface area contributed by atoms with E-state index < -0.39 is 0 Å². The number of pyridine rings is 1. The summed E-state index contributed by atoms with van der Waals surface area (Å²) in [5, 5.41) is 0. The van der Waals surface area contributed by atoms with Crippen LogP contribution in [0.2, 0.25) is 0 Å². The molecule has 0 spiro atoms. The lowest BCUT2D eigenvalue weighted by Gasteiger charge is -1.96. The van der Waals surface area contributed by atoms with Crippen molar-refractivity contribution in [3.8, 4) is 0 Å². The monoisotopic (exact) mass is 254 g/mol. The van der Waals surface area contributed by atoms with E-state index in [1.54, 1.807) is 6.20 Å². The number of hydrogen-bond donors (Lipinski definition) is 1. The second kappa shape index (κ2) is 3.22. The van der Waals surface area contributed by atoms with Crippen LogP contribution in [0.5, 0.6) is 0 Å². The molecule has 1 rings (SSSR count). The molecular formula is C5H4ClIN2. The van der Waals surface area contributed by atoms with E-state index in [9.17, 15) is 0 Å². The highest BCUT2D eigenvalue weighted by atomic mass is 127. The molecule has 0 fully saturated rings. The summed E-state index contributed by atoms with van der Waals surface area (Å²) in [5.74, 6) is 0. The van der Waals surface area contributed by atoms with E-state index in [4.69, 9.17) is 11.8 Å². The fourth-order valence-corrected chi connectivity index (χ4v) is 1.24. The van der Waals surface area contributed by atoms with E-state index >= 15 is 0 Å². The first-order valence-corrected chi connectivity index (χ1v) is 3.77. The maximum Gasteiger partial charge on any atom is 0.125 e. The number of hydrogen-bond acceptors (Lipinski definition) is 2. The minimum Gasteiger partial charge on any atom is -0.296 e. The zero-order valence-corrected chi connectivity index (χ0v) is 7.35. The molecule has 1 N–H and O–H groups in total. The molecule has 2 nitrogen and oxygen atoms in total. The average Bonchev–Trinajstić information content (AvgIpc) is 1.89. The van der Waals surface area contributed by atoms with Gasteiger partial charge < -0.3 is 0 Å². The van der Waals surface area contributed by atoms with Crippen LogP contribution >= 0.6 is 34.4 Å². The second-order valence-electron chi connectivity index (χ2n) is 1.44. The molecule has 0 aliphatic carbocycles. The highest BCUT2D eigenvalue weighted by molar-refractivity contribution is 14.1. The van der Waals surface area contributed by atoms with E-state index in [2.05, 4.69) is 32.4 Å². The number of anilines is 1. The molecule has 0 saturated heterocycles. The molecule has 48 valence electrons. The fraction of sp³-hybridized carbons (Fsp3) is 0. The molecule has 1 aromatic rings. The SMILES string of the molecule is ClNc1cccnc1I. The Morgan fingerprint density at radius 2 is 2.44 bits per heavy atom. The molecule has 0 radical (unpaired) electrons. The van der Waals surface area contributed by atoms with Gasteiger partial charge in [-0.05, 0) is 34.7 Å². The van der Waals surface area contributed by atoms with Gasteiger partial charge in [0.1, 0.15) is 3.70 Å². The van der Waals surface area contributed by atoms with Gasteiger partial charge in [-0.2, -0.15) is 0 Å². The van der Waals surface area contributed by atoms with E-state index in [0.29, 0.717) is 0 Å². The Bertz CT molecular complexity index is 204. The van der Waals surface area contributed by atoms with Crippen LogP contribution in [0.1, 0.15) is 0 Å². The second-order valence-corrected chi connectivity index (χ2v) is 2.65. The van der Waals surface area contributed by atoms with Crippen LogP contribution in [0.4, 0.5) is 5.69 Å². The molecule has 0 bridgehead atoms. The van der Waals surface area contributed by atoms with Crippen LogP contribution in [-0.2, 0) is 0 Å². The summed E-state index contributed by atoms with van der Waals surface area (Å²) in [7, 11) is 0. The largest absolute Gasteiger partial charge is 0.296 e. The van der Waals surface area contributed by atoms with Crippen molar-refractivity contribution in [1.29, 1.82) is 0 Å². The van der Waals surface area contributed by atoms with Crippen molar-refractivity contribution in [2.24, 2.45) is 0 Å². The van der Waals surface area contributed by atoms with Crippen molar-refractivity contribution in [1.82, 2.24) is 4.98 Å². The summed E-state index contributed by atoms with van der Waals surface area (Å²) in [4.78, 5) is 6.49. The third-order valence-electron chi connectivity index (χ3n) is 0.861. The van der Waals surface area contributed by atoms with Gasteiger partial charge in [0, 0.05) is 18.0 Å². The maximum absolute atomic E-state index is 5.34. The molecule has 0 amide bonds. The third-order valence-corrected chi connectivity index (χ3v) is 1.92. The minimum atomic E-state index is 0.847. The van der Waals surface area contributed by atoms with Gasteiger partial charge >= 0.3 is 0 Å². The summed E-state index contributed by atoms with van der Waals surface area (Å²) >= 11 is 7.44. The Labute approximate surface area is 71.9 Å². The van der Waals surface area contributed by atoms with Crippen LogP contribution in [0, 0.1) is 3.70 Å². The van der Waals surface area contributed by atoms with E-state index in [1.165, 1.54) is 0 Å². The topological polar surface area (TPSA) is 24.9 Å². The first kappa shape index (κ1) is 7.08. The molecule has 0 aliphatic rings. The van der Waals surface area contributed by atoms with Crippen LogP contribution in [0.25, 0.3) is 0 Å². The molecule has 0 saturated carbocycles. The van der Waals surface area contributed by atoms with Gasteiger partial charge in [0.15, 0.2) is 0 Å². The van der Waals surface area contributed by atoms with Gasteiger partial charge in [-0.1, -0.05) is 0 Å². The zero-order chi connectivity index (χ0) is 6.69. The molecular weight excluding hydrogens is 250 g/mol. The molecule has 9 heavy (non-hydrogen) atoms. The molecule has 0 atom stereocenters. The molecule has 4 heteroatoms. The number of aromatic nitrogens is 1. The number of halogens is 2. The normalized spacial score (nSPS) is 9.11. The van der Waals surface area contributed by atoms with Gasteiger partial charge in [-0.25, -0.2) is 4.98 Å². The highest BCUT2D eigenvalue weighted by Crippen LogP contribution is 2.14. The van der Waals surface area contributed by atoms with Gasteiger partial charge in [-0.3, -0.25) is 4.84 Å². The van der Waals surface area contributed by atoms with Crippen molar-refractivity contribution in [2.45, 2.75) is 0 Å². The van der Waals surface area contributed by atoms with E-state index in [0.717, 1.165) is 9.39 Å². The quantitative estimate of drug-likeness (QED) is 0.472. The summed E-state index contributed by atoms with van der Waals surface area (Å²) in [6.45, 7) is 0. The smallest absolute Gasteiger partial charge is 0.125 e. The Kier molecular flexibility index (Phi) is 2.53. The molecule has 0 aromatic carbocycles. The fourth-order valence-electron chi connectivity index (χ4n) is 0.457. The Morgan fingerprint density at radius 1 is 1.67 bits per heavy atom. The van der Waals surface area contributed by atoms with Crippen molar-refractivity contribution >= 4 is 40.1 Å². The van der Waals surface area contributed by atoms with Crippen molar-refractivity contribution in [3.63, 3.8) is 0 Å². The minimum absolute atomic E-state index is 0.847. The molecule has 1 aromatic heterocycles. The predicted molar refractivity (Wildman–Crippen MR) is 46.4 cm³/mol. The van der Waals surface area contributed by atoms with Crippen molar-refractivity contribution < 1.29 is 0 Å². The van der Waals surface area contributed by atoms with Gasteiger partial charge in [0.25, 0.3) is 0 Å². The highest BCUT2D eigenvalue weighted by Gasteiger charge is 1.93. The Balaban J connectivity index is 3.01. The molecule has 1 heterocycles. The van der Waals surface area contributed by atoms with Crippen molar-refractivity contribution in [2.75, 3.05) is 4.84 Å². The number of nitrogens with zero attached hydrogens (tertiary/aromatic N) is 1. The van der Waals surface area contributed by atoms with Gasteiger partial charge in [-0.15, -0.1) is 0 Å².